The number of fused-ring (bicyclic) bond motifs is 3. The third-order valence-electron chi connectivity index (χ3n) is 4.68. The van der Waals surface area contributed by atoms with Crippen LogP contribution in [-0.2, 0) is 13.7 Å². The highest BCUT2D eigenvalue weighted by Gasteiger charge is 2.23. The molecule has 0 fully saturated rings. The minimum Gasteiger partial charge on any atom is -0.486 e. The lowest BCUT2D eigenvalue weighted by Gasteiger charge is -2.20. The van der Waals surface area contributed by atoms with Gasteiger partial charge in [-0.25, -0.2) is 9.97 Å². The second kappa shape index (κ2) is 6.90. The fraction of sp³-hybridized carbons (Fsp3) is 0.143. The van der Waals surface area contributed by atoms with Crippen LogP contribution in [0.3, 0.4) is 0 Å². The molecule has 0 atom stereocenters. The molecule has 8 nitrogen and oxygen atoms in total. The van der Waals surface area contributed by atoms with Gasteiger partial charge in [-0.1, -0.05) is 12.1 Å². The third-order valence-corrected chi connectivity index (χ3v) is 4.68. The average Bonchev–Trinajstić information content (AvgIpc) is 3.12. The first-order chi connectivity index (χ1) is 14.2. The van der Waals surface area contributed by atoms with E-state index in [0.29, 0.717) is 24.2 Å². The summed E-state index contributed by atoms with van der Waals surface area (Å²) in [5, 5.41) is 11.1. The van der Waals surface area contributed by atoms with Crippen LogP contribution in [0.5, 0.6) is 5.75 Å². The molecular weight excluding hydrogens is 366 g/mol. The van der Waals surface area contributed by atoms with E-state index in [1.807, 2.05) is 61.2 Å². The SMILES string of the molecule is Cc1cnc(Nc2ccccn2)nc1Nc1cccc2c1OCc1cn(C)nc1-2. The molecule has 0 spiro atoms. The topological polar surface area (TPSA) is 89.8 Å². The van der Waals surface area contributed by atoms with Crippen molar-refractivity contribution in [1.82, 2.24) is 24.7 Å². The third kappa shape index (κ3) is 3.25. The van der Waals surface area contributed by atoms with Gasteiger partial charge in [0.1, 0.15) is 23.9 Å². The Kier molecular flexibility index (Phi) is 4.09. The molecule has 144 valence electrons. The zero-order valence-electron chi connectivity index (χ0n) is 16.0. The summed E-state index contributed by atoms with van der Waals surface area (Å²) in [6.45, 7) is 2.45. The fourth-order valence-electron chi connectivity index (χ4n) is 3.30. The van der Waals surface area contributed by atoms with E-state index in [9.17, 15) is 0 Å². The highest BCUT2D eigenvalue weighted by Crippen LogP contribution is 2.42. The standard InChI is InChI=1S/C21H19N7O/c1-13-10-23-21(25-17-8-3-4-9-22-17)26-20(13)24-16-7-5-6-15-18-14(11-28(2)27-18)12-29-19(15)16/h3-11H,12H2,1-2H3,(H2,22,23,24,25,26). The number of ether oxygens (including phenoxy) is 1. The summed E-state index contributed by atoms with van der Waals surface area (Å²) in [5.74, 6) is 2.62. The quantitative estimate of drug-likeness (QED) is 0.549. The number of benzene rings is 1. The Hall–Kier alpha value is -3.94. The second-order valence-electron chi connectivity index (χ2n) is 6.84. The minimum absolute atomic E-state index is 0.467. The lowest BCUT2D eigenvalue weighted by Crippen LogP contribution is -2.08. The summed E-state index contributed by atoms with van der Waals surface area (Å²) >= 11 is 0. The number of anilines is 4. The van der Waals surface area contributed by atoms with Crippen molar-refractivity contribution < 1.29 is 4.74 Å². The van der Waals surface area contributed by atoms with Crippen molar-refractivity contribution in [3.63, 3.8) is 0 Å². The fourth-order valence-corrected chi connectivity index (χ4v) is 3.30. The second-order valence-corrected chi connectivity index (χ2v) is 6.84. The van der Waals surface area contributed by atoms with E-state index in [4.69, 9.17) is 4.74 Å². The zero-order chi connectivity index (χ0) is 19.8. The molecule has 0 bridgehead atoms. The molecule has 0 radical (unpaired) electrons. The van der Waals surface area contributed by atoms with Crippen molar-refractivity contribution in [1.29, 1.82) is 0 Å². The van der Waals surface area contributed by atoms with Crippen molar-refractivity contribution in [2.45, 2.75) is 13.5 Å². The van der Waals surface area contributed by atoms with Gasteiger partial charge in [-0.05, 0) is 31.2 Å². The molecule has 0 aliphatic carbocycles. The highest BCUT2D eigenvalue weighted by atomic mass is 16.5. The van der Waals surface area contributed by atoms with E-state index in [0.717, 1.165) is 33.8 Å². The number of nitrogens with one attached hydrogen (secondary N) is 2. The van der Waals surface area contributed by atoms with E-state index in [1.54, 1.807) is 12.4 Å². The van der Waals surface area contributed by atoms with Gasteiger partial charge in [0.05, 0.1) is 5.69 Å². The monoisotopic (exact) mass is 385 g/mol. The van der Waals surface area contributed by atoms with Gasteiger partial charge < -0.3 is 15.4 Å². The van der Waals surface area contributed by atoms with Crippen LogP contribution in [-0.4, -0.2) is 24.7 Å². The average molecular weight is 385 g/mol. The normalized spacial score (nSPS) is 11.9. The number of hydrogen-bond acceptors (Lipinski definition) is 7. The number of hydrogen-bond donors (Lipinski definition) is 2. The highest BCUT2D eigenvalue weighted by molar-refractivity contribution is 5.81. The van der Waals surface area contributed by atoms with E-state index >= 15 is 0 Å². The first-order valence-corrected chi connectivity index (χ1v) is 9.25. The van der Waals surface area contributed by atoms with Crippen molar-refractivity contribution in [3.05, 3.63) is 66.1 Å². The van der Waals surface area contributed by atoms with E-state index < -0.39 is 0 Å². The van der Waals surface area contributed by atoms with Gasteiger partial charge in [0.15, 0.2) is 5.75 Å². The number of nitrogens with zero attached hydrogens (tertiary/aromatic N) is 5. The maximum absolute atomic E-state index is 6.05. The summed E-state index contributed by atoms with van der Waals surface area (Å²) in [7, 11) is 1.92. The molecule has 1 aromatic carbocycles. The number of para-hydroxylation sites is 1. The van der Waals surface area contributed by atoms with Crippen molar-refractivity contribution >= 4 is 23.3 Å². The van der Waals surface area contributed by atoms with Crippen LogP contribution < -0.4 is 15.4 Å². The Morgan fingerprint density at radius 3 is 2.86 bits per heavy atom. The van der Waals surface area contributed by atoms with Crippen LogP contribution in [0.25, 0.3) is 11.3 Å². The van der Waals surface area contributed by atoms with Gasteiger partial charge in [0, 0.05) is 42.3 Å². The Morgan fingerprint density at radius 1 is 1.07 bits per heavy atom. The predicted octanol–water partition coefficient (Wildman–Crippen LogP) is 3.96. The number of pyridine rings is 1. The van der Waals surface area contributed by atoms with Crippen LogP contribution in [0, 0.1) is 6.92 Å². The molecule has 1 aliphatic rings. The first-order valence-electron chi connectivity index (χ1n) is 9.25. The van der Waals surface area contributed by atoms with Gasteiger partial charge >= 0.3 is 0 Å². The van der Waals surface area contributed by atoms with E-state index in [1.165, 1.54) is 0 Å². The van der Waals surface area contributed by atoms with Crippen LogP contribution in [0.2, 0.25) is 0 Å². The molecule has 0 saturated carbocycles. The van der Waals surface area contributed by atoms with Gasteiger partial charge in [-0.3, -0.25) is 4.68 Å². The van der Waals surface area contributed by atoms with Gasteiger partial charge in [0.2, 0.25) is 5.95 Å². The van der Waals surface area contributed by atoms with E-state index in [2.05, 4.69) is 30.7 Å². The van der Waals surface area contributed by atoms with Crippen LogP contribution in [0.15, 0.2) is 55.0 Å². The van der Waals surface area contributed by atoms with Crippen molar-refractivity contribution in [3.8, 4) is 17.0 Å². The van der Waals surface area contributed by atoms with Gasteiger partial charge in [-0.2, -0.15) is 10.1 Å². The molecule has 4 heterocycles. The molecular formula is C21H19N7O. The van der Waals surface area contributed by atoms with Crippen LogP contribution in [0.4, 0.5) is 23.3 Å². The molecule has 0 unspecified atom stereocenters. The number of rotatable bonds is 4. The molecule has 8 heteroatoms. The van der Waals surface area contributed by atoms with Crippen molar-refractivity contribution in [2.75, 3.05) is 10.6 Å². The molecule has 0 amide bonds. The lowest BCUT2D eigenvalue weighted by atomic mass is 10.0. The largest absolute Gasteiger partial charge is 0.486 e. The molecule has 29 heavy (non-hydrogen) atoms. The Bertz CT molecular complexity index is 1190. The Labute approximate surface area is 167 Å². The molecule has 0 saturated heterocycles. The molecule has 4 aromatic rings. The zero-order valence-corrected chi connectivity index (χ0v) is 16.0. The minimum atomic E-state index is 0.467. The molecule has 2 N–H and O–H groups in total. The molecule has 5 rings (SSSR count). The van der Waals surface area contributed by atoms with E-state index in [-0.39, 0.29) is 0 Å². The van der Waals surface area contributed by atoms with Crippen LogP contribution >= 0.6 is 0 Å². The summed E-state index contributed by atoms with van der Waals surface area (Å²) in [6, 6.07) is 11.6. The summed E-state index contributed by atoms with van der Waals surface area (Å²) in [5.41, 5.74) is 4.76. The van der Waals surface area contributed by atoms with Crippen LogP contribution in [0.1, 0.15) is 11.1 Å². The predicted molar refractivity (Wildman–Crippen MR) is 111 cm³/mol. The molecule has 1 aliphatic heterocycles. The van der Waals surface area contributed by atoms with Crippen molar-refractivity contribution in [2.24, 2.45) is 7.05 Å². The smallest absolute Gasteiger partial charge is 0.230 e. The lowest BCUT2D eigenvalue weighted by molar-refractivity contribution is 0.304. The maximum atomic E-state index is 6.05. The molecule has 3 aromatic heterocycles. The number of aromatic nitrogens is 5. The van der Waals surface area contributed by atoms with Gasteiger partial charge in [0.25, 0.3) is 0 Å². The summed E-state index contributed by atoms with van der Waals surface area (Å²) in [6.07, 6.45) is 5.48. The maximum Gasteiger partial charge on any atom is 0.230 e. The summed E-state index contributed by atoms with van der Waals surface area (Å²) in [4.78, 5) is 13.2. The summed E-state index contributed by atoms with van der Waals surface area (Å²) < 4.78 is 7.86. The Balaban J connectivity index is 1.48. The van der Waals surface area contributed by atoms with Gasteiger partial charge in [-0.15, -0.1) is 0 Å². The number of aryl methyl sites for hydroxylation is 2. The Morgan fingerprint density at radius 2 is 2.00 bits per heavy atom. The first kappa shape index (κ1) is 17.2.